The molecule has 3 unspecified atom stereocenters. The maximum absolute atomic E-state index is 12.2. The Kier molecular flexibility index (Phi) is 4.16. The van der Waals surface area contributed by atoms with Crippen LogP contribution in [0.25, 0.3) is 0 Å². The first kappa shape index (κ1) is 15.0. The van der Waals surface area contributed by atoms with Crippen molar-refractivity contribution in [1.29, 1.82) is 0 Å². The Morgan fingerprint density at radius 2 is 1.95 bits per heavy atom. The molecule has 1 heterocycles. The highest BCUT2D eigenvalue weighted by atomic mass is 16.2. The predicted octanol–water partition coefficient (Wildman–Crippen LogP) is 2.66. The quantitative estimate of drug-likeness (QED) is 0.873. The first-order valence-corrected chi connectivity index (χ1v) is 7.51. The van der Waals surface area contributed by atoms with E-state index in [1.807, 2.05) is 20.8 Å². The topological polar surface area (TPSA) is 70.7 Å². The van der Waals surface area contributed by atoms with Gasteiger partial charge in [0.05, 0.1) is 0 Å². The second kappa shape index (κ2) is 5.54. The van der Waals surface area contributed by atoms with E-state index in [0.29, 0.717) is 5.92 Å². The minimum absolute atomic E-state index is 0.125. The van der Waals surface area contributed by atoms with E-state index in [1.165, 1.54) is 6.42 Å². The molecule has 5 nitrogen and oxygen atoms in total. The molecular weight excluding hydrogens is 252 g/mol. The molecule has 1 aromatic heterocycles. The van der Waals surface area contributed by atoms with Crippen molar-refractivity contribution in [3.8, 4) is 0 Å². The third-order valence-corrected chi connectivity index (χ3v) is 4.33. The lowest BCUT2D eigenvalue weighted by atomic mass is 9.79. The highest BCUT2D eigenvalue weighted by Crippen LogP contribution is 2.29. The number of amides is 1. The number of nitrogens with one attached hydrogen (secondary N) is 2. The molecule has 1 aliphatic carbocycles. The van der Waals surface area contributed by atoms with Gasteiger partial charge in [-0.25, -0.2) is 4.98 Å². The summed E-state index contributed by atoms with van der Waals surface area (Å²) >= 11 is 0. The fraction of sp³-hybridized carbons (Fsp3) is 0.800. The average Bonchev–Trinajstić information content (AvgIpc) is 2.83. The van der Waals surface area contributed by atoms with E-state index >= 15 is 0 Å². The fourth-order valence-electron chi connectivity index (χ4n) is 2.63. The lowest BCUT2D eigenvalue weighted by Crippen LogP contribution is -2.40. The van der Waals surface area contributed by atoms with Crippen molar-refractivity contribution in [2.75, 3.05) is 0 Å². The third-order valence-electron chi connectivity index (χ3n) is 4.33. The van der Waals surface area contributed by atoms with Crippen molar-refractivity contribution in [1.82, 2.24) is 20.5 Å². The Morgan fingerprint density at radius 1 is 1.25 bits per heavy atom. The van der Waals surface area contributed by atoms with Crippen LogP contribution in [0.3, 0.4) is 0 Å². The summed E-state index contributed by atoms with van der Waals surface area (Å²) < 4.78 is 0. The first-order chi connectivity index (χ1) is 9.27. The van der Waals surface area contributed by atoms with Gasteiger partial charge >= 0.3 is 0 Å². The monoisotopic (exact) mass is 278 g/mol. The molecule has 0 aromatic carbocycles. The van der Waals surface area contributed by atoms with Crippen molar-refractivity contribution in [2.24, 2.45) is 11.8 Å². The second-order valence-electron chi connectivity index (χ2n) is 7.20. The Morgan fingerprint density at radius 3 is 2.50 bits per heavy atom. The number of H-pyrrole nitrogens is 1. The largest absolute Gasteiger partial charge is 0.347 e. The summed E-state index contributed by atoms with van der Waals surface area (Å²) in [6.07, 6.45) is 3.27. The molecule has 0 bridgehead atoms. The summed E-state index contributed by atoms with van der Waals surface area (Å²) in [5.74, 6) is 2.24. The number of hydrogen-bond acceptors (Lipinski definition) is 3. The van der Waals surface area contributed by atoms with Crippen LogP contribution in [-0.2, 0) is 5.41 Å². The lowest BCUT2D eigenvalue weighted by molar-refractivity contribution is 0.0900. The first-order valence-electron chi connectivity index (χ1n) is 7.51. The third kappa shape index (κ3) is 3.38. The number of carbonyl (C=O) groups excluding carboxylic acids is 1. The predicted molar refractivity (Wildman–Crippen MR) is 78.5 cm³/mol. The van der Waals surface area contributed by atoms with Gasteiger partial charge in [-0.05, 0) is 31.1 Å². The highest BCUT2D eigenvalue weighted by molar-refractivity contribution is 5.90. The maximum atomic E-state index is 12.2. The molecule has 2 N–H and O–H groups in total. The molecule has 0 radical (unpaired) electrons. The fourth-order valence-corrected chi connectivity index (χ4v) is 2.63. The van der Waals surface area contributed by atoms with E-state index in [0.717, 1.165) is 24.6 Å². The molecule has 1 fully saturated rings. The number of hydrogen-bond donors (Lipinski definition) is 2. The summed E-state index contributed by atoms with van der Waals surface area (Å²) in [7, 11) is 0. The molecule has 112 valence electrons. The van der Waals surface area contributed by atoms with Crippen LogP contribution in [0.2, 0.25) is 0 Å². The van der Waals surface area contributed by atoms with Crippen LogP contribution in [0.4, 0.5) is 0 Å². The van der Waals surface area contributed by atoms with Crippen LogP contribution >= 0.6 is 0 Å². The Hall–Kier alpha value is -1.39. The van der Waals surface area contributed by atoms with Crippen LogP contribution in [0.15, 0.2) is 0 Å². The van der Waals surface area contributed by atoms with E-state index < -0.39 is 0 Å². The molecule has 1 aliphatic rings. The van der Waals surface area contributed by atoms with Gasteiger partial charge in [-0.1, -0.05) is 34.6 Å². The van der Waals surface area contributed by atoms with Crippen LogP contribution in [0.5, 0.6) is 0 Å². The minimum Gasteiger partial charge on any atom is -0.347 e. The smallest absolute Gasteiger partial charge is 0.291 e. The van der Waals surface area contributed by atoms with Gasteiger partial charge in [0.1, 0.15) is 5.82 Å². The average molecular weight is 278 g/mol. The van der Waals surface area contributed by atoms with Crippen LogP contribution < -0.4 is 5.32 Å². The van der Waals surface area contributed by atoms with Gasteiger partial charge in [-0.3, -0.25) is 9.89 Å². The molecule has 3 atom stereocenters. The van der Waals surface area contributed by atoms with Crippen LogP contribution in [-0.4, -0.2) is 27.1 Å². The van der Waals surface area contributed by atoms with Gasteiger partial charge in [0.25, 0.3) is 5.91 Å². The van der Waals surface area contributed by atoms with E-state index in [-0.39, 0.29) is 23.2 Å². The van der Waals surface area contributed by atoms with Gasteiger partial charge in [0.2, 0.25) is 5.82 Å². The van der Waals surface area contributed by atoms with Gasteiger partial charge in [-0.2, -0.15) is 0 Å². The number of carbonyl (C=O) groups is 1. The van der Waals surface area contributed by atoms with Crippen molar-refractivity contribution >= 4 is 5.91 Å². The molecule has 1 amide bonds. The van der Waals surface area contributed by atoms with Crippen molar-refractivity contribution < 1.29 is 4.79 Å². The molecule has 2 rings (SSSR count). The summed E-state index contributed by atoms with van der Waals surface area (Å²) in [4.78, 5) is 16.5. The zero-order valence-electron chi connectivity index (χ0n) is 13.2. The minimum atomic E-state index is -0.163. The zero-order chi connectivity index (χ0) is 14.9. The van der Waals surface area contributed by atoms with Crippen LogP contribution in [0.1, 0.15) is 70.3 Å². The maximum Gasteiger partial charge on any atom is 0.291 e. The lowest BCUT2D eigenvalue weighted by Gasteiger charge is -2.32. The van der Waals surface area contributed by atoms with Gasteiger partial charge in [-0.15, -0.1) is 5.10 Å². The van der Waals surface area contributed by atoms with E-state index in [9.17, 15) is 4.79 Å². The SMILES string of the molecule is CC1CCC(NC(=O)c2n[nH]c(C(C)(C)C)n2)CC1C. The Bertz CT molecular complexity index is 474. The Balaban J connectivity index is 1.97. The number of rotatable bonds is 2. The number of nitrogens with zero attached hydrogens (tertiary/aromatic N) is 2. The molecular formula is C15H26N4O. The second-order valence-corrected chi connectivity index (χ2v) is 7.20. The van der Waals surface area contributed by atoms with Crippen molar-refractivity contribution in [2.45, 2.75) is 65.3 Å². The molecule has 20 heavy (non-hydrogen) atoms. The standard InChI is InChI=1S/C15H26N4O/c1-9-6-7-11(8-10(9)2)16-13(20)12-17-14(19-18-12)15(3,4)5/h9-11H,6-8H2,1-5H3,(H,16,20)(H,17,18,19). The normalized spacial score (nSPS) is 27.4. The van der Waals surface area contributed by atoms with Gasteiger partial charge in [0, 0.05) is 11.5 Å². The summed E-state index contributed by atoms with van der Waals surface area (Å²) in [5, 5.41) is 9.96. The molecule has 1 aromatic rings. The summed E-state index contributed by atoms with van der Waals surface area (Å²) in [5.41, 5.74) is -0.125. The Labute approximate surface area is 120 Å². The molecule has 1 saturated carbocycles. The summed E-state index contributed by atoms with van der Waals surface area (Å²) in [6.45, 7) is 10.7. The molecule has 0 saturated heterocycles. The molecule has 5 heteroatoms. The zero-order valence-corrected chi connectivity index (χ0v) is 13.2. The van der Waals surface area contributed by atoms with E-state index in [2.05, 4.69) is 34.3 Å². The van der Waals surface area contributed by atoms with E-state index in [4.69, 9.17) is 0 Å². The highest BCUT2D eigenvalue weighted by Gasteiger charge is 2.27. The number of aromatic amines is 1. The number of aromatic nitrogens is 3. The molecule has 0 spiro atoms. The molecule has 0 aliphatic heterocycles. The van der Waals surface area contributed by atoms with Crippen LogP contribution in [0, 0.1) is 11.8 Å². The van der Waals surface area contributed by atoms with Gasteiger partial charge < -0.3 is 5.32 Å². The summed E-state index contributed by atoms with van der Waals surface area (Å²) in [6, 6.07) is 0.255. The van der Waals surface area contributed by atoms with Crippen molar-refractivity contribution in [3.05, 3.63) is 11.6 Å². The van der Waals surface area contributed by atoms with E-state index in [1.54, 1.807) is 0 Å². The van der Waals surface area contributed by atoms with Crippen molar-refractivity contribution in [3.63, 3.8) is 0 Å². The van der Waals surface area contributed by atoms with Gasteiger partial charge in [0.15, 0.2) is 0 Å².